The molecule has 0 radical (unpaired) electrons. The van der Waals surface area contributed by atoms with E-state index in [2.05, 4.69) is 10.3 Å². The lowest BCUT2D eigenvalue weighted by Gasteiger charge is -2.06. The van der Waals surface area contributed by atoms with Crippen LogP contribution in [0.3, 0.4) is 0 Å². The molecule has 0 unspecified atom stereocenters. The predicted octanol–water partition coefficient (Wildman–Crippen LogP) is 2.23. The van der Waals surface area contributed by atoms with Gasteiger partial charge >= 0.3 is 0 Å². The third-order valence-electron chi connectivity index (χ3n) is 2.62. The van der Waals surface area contributed by atoms with Gasteiger partial charge in [0.25, 0.3) is 5.69 Å². The quantitative estimate of drug-likeness (QED) is 0.633. The molecule has 0 fully saturated rings. The molecule has 0 aliphatic carbocycles. The Labute approximate surface area is 110 Å². The molecule has 98 valence electrons. The molecule has 0 saturated heterocycles. The molecule has 0 aliphatic heterocycles. The second-order valence-corrected chi connectivity index (χ2v) is 4.02. The van der Waals surface area contributed by atoms with Crippen LogP contribution in [0.1, 0.15) is 5.56 Å². The number of nitrogens with zero attached hydrogens (tertiary/aromatic N) is 2. The van der Waals surface area contributed by atoms with Gasteiger partial charge < -0.3 is 11.1 Å². The van der Waals surface area contributed by atoms with Crippen LogP contribution in [0.25, 0.3) is 0 Å². The number of hydrogen-bond donors (Lipinski definition) is 2. The van der Waals surface area contributed by atoms with Crippen LogP contribution in [0.4, 0.5) is 17.2 Å². The van der Waals surface area contributed by atoms with Gasteiger partial charge in [0.2, 0.25) is 0 Å². The Morgan fingerprint density at radius 2 is 1.95 bits per heavy atom. The SMILES string of the molecule is NCCc1ccc(Nc2ccc([N+](=O)[O-])cn2)cc1. The third-order valence-corrected chi connectivity index (χ3v) is 2.62. The zero-order chi connectivity index (χ0) is 13.7. The summed E-state index contributed by atoms with van der Waals surface area (Å²) in [5.41, 5.74) is 7.50. The number of nitro groups is 1. The maximum absolute atomic E-state index is 10.5. The molecule has 0 amide bonds. The summed E-state index contributed by atoms with van der Waals surface area (Å²) in [5.74, 6) is 0.567. The fourth-order valence-corrected chi connectivity index (χ4v) is 1.64. The molecule has 1 heterocycles. The Balaban J connectivity index is 2.06. The van der Waals surface area contributed by atoms with Crippen molar-refractivity contribution in [3.63, 3.8) is 0 Å². The summed E-state index contributed by atoms with van der Waals surface area (Å²) in [5, 5.41) is 13.6. The molecular formula is C13H14N4O2. The van der Waals surface area contributed by atoms with Crippen molar-refractivity contribution in [3.05, 3.63) is 58.3 Å². The maximum atomic E-state index is 10.5. The monoisotopic (exact) mass is 258 g/mol. The minimum atomic E-state index is -0.474. The third kappa shape index (κ3) is 3.49. The van der Waals surface area contributed by atoms with E-state index in [4.69, 9.17) is 5.73 Å². The van der Waals surface area contributed by atoms with Crippen molar-refractivity contribution >= 4 is 17.2 Å². The van der Waals surface area contributed by atoms with Crippen molar-refractivity contribution in [2.75, 3.05) is 11.9 Å². The molecule has 3 N–H and O–H groups in total. The highest BCUT2D eigenvalue weighted by atomic mass is 16.6. The van der Waals surface area contributed by atoms with Crippen LogP contribution in [0.15, 0.2) is 42.6 Å². The molecule has 6 heteroatoms. The number of rotatable bonds is 5. The van der Waals surface area contributed by atoms with Crippen molar-refractivity contribution in [1.29, 1.82) is 0 Å². The van der Waals surface area contributed by atoms with Crippen LogP contribution < -0.4 is 11.1 Å². The van der Waals surface area contributed by atoms with Crippen LogP contribution in [0.5, 0.6) is 0 Å². The van der Waals surface area contributed by atoms with Crippen LogP contribution in [0, 0.1) is 10.1 Å². The summed E-state index contributed by atoms with van der Waals surface area (Å²) in [7, 11) is 0. The van der Waals surface area contributed by atoms with E-state index in [1.165, 1.54) is 17.8 Å². The molecule has 1 aromatic heterocycles. The van der Waals surface area contributed by atoms with E-state index in [-0.39, 0.29) is 5.69 Å². The van der Waals surface area contributed by atoms with Gasteiger partial charge in [-0.1, -0.05) is 12.1 Å². The van der Waals surface area contributed by atoms with Gasteiger partial charge in [-0.05, 0) is 36.7 Å². The van der Waals surface area contributed by atoms with Crippen LogP contribution in [0.2, 0.25) is 0 Å². The molecule has 2 rings (SSSR count). The highest BCUT2D eigenvalue weighted by Crippen LogP contribution is 2.17. The van der Waals surface area contributed by atoms with E-state index in [0.717, 1.165) is 12.1 Å². The molecule has 1 aromatic carbocycles. The van der Waals surface area contributed by atoms with E-state index in [1.807, 2.05) is 24.3 Å². The minimum absolute atomic E-state index is 0.0242. The Morgan fingerprint density at radius 3 is 2.47 bits per heavy atom. The van der Waals surface area contributed by atoms with Gasteiger partial charge in [0.15, 0.2) is 0 Å². The standard InChI is InChI=1S/C13H14N4O2/c14-8-7-10-1-3-11(4-2-10)16-13-6-5-12(9-15-13)17(18)19/h1-6,9H,7-8,14H2,(H,15,16). The Bertz CT molecular complexity index is 552. The first-order chi connectivity index (χ1) is 9.19. The first-order valence-corrected chi connectivity index (χ1v) is 5.85. The van der Waals surface area contributed by atoms with E-state index in [1.54, 1.807) is 6.07 Å². The predicted molar refractivity (Wildman–Crippen MR) is 73.4 cm³/mol. The van der Waals surface area contributed by atoms with Crippen LogP contribution >= 0.6 is 0 Å². The summed E-state index contributed by atoms with van der Waals surface area (Å²) in [6.07, 6.45) is 2.07. The summed E-state index contributed by atoms with van der Waals surface area (Å²) in [6, 6.07) is 10.8. The molecule has 0 aliphatic rings. The average Bonchev–Trinajstić information content (AvgIpc) is 2.42. The number of pyridine rings is 1. The van der Waals surface area contributed by atoms with Crippen molar-refractivity contribution in [2.45, 2.75) is 6.42 Å². The van der Waals surface area contributed by atoms with Gasteiger partial charge in [-0.15, -0.1) is 0 Å². The lowest BCUT2D eigenvalue weighted by molar-refractivity contribution is -0.385. The zero-order valence-corrected chi connectivity index (χ0v) is 10.2. The van der Waals surface area contributed by atoms with Crippen molar-refractivity contribution in [2.24, 2.45) is 5.73 Å². The highest BCUT2D eigenvalue weighted by Gasteiger charge is 2.05. The molecule has 6 nitrogen and oxygen atoms in total. The Morgan fingerprint density at radius 1 is 1.21 bits per heavy atom. The first kappa shape index (κ1) is 13.0. The summed E-state index contributed by atoms with van der Waals surface area (Å²) < 4.78 is 0. The number of hydrogen-bond acceptors (Lipinski definition) is 5. The van der Waals surface area contributed by atoms with E-state index in [9.17, 15) is 10.1 Å². The summed E-state index contributed by atoms with van der Waals surface area (Å²) in [4.78, 5) is 14.0. The molecular weight excluding hydrogens is 244 g/mol. The van der Waals surface area contributed by atoms with Gasteiger partial charge in [0, 0.05) is 11.8 Å². The minimum Gasteiger partial charge on any atom is -0.340 e. The van der Waals surface area contributed by atoms with Gasteiger partial charge in [-0.3, -0.25) is 10.1 Å². The van der Waals surface area contributed by atoms with Crippen molar-refractivity contribution in [3.8, 4) is 0 Å². The topological polar surface area (TPSA) is 94.1 Å². The Hall–Kier alpha value is -2.47. The summed E-state index contributed by atoms with van der Waals surface area (Å²) in [6.45, 7) is 0.622. The number of benzene rings is 1. The largest absolute Gasteiger partial charge is 0.340 e. The lowest BCUT2D eigenvalue weighted by atomic mass is 10.1. The lowest BCUT2D eigenvalue weighted by Crippen LogP contribution is -2.02. The summed E-state index contributed by atoms with van der Waals surface area (Å²) >= 11 is 0. The number of nitrogens with two attached hydrogens (primary N) is 1. The number of aromatic nitrogens is 1. The second-order valence-electron chi connectivity index (χ2n) is 4.02. The fourth-order valence-electron chi connectivity index (χ4n) is 1.64. The first-order valence-electron chi connectivity index (χ1n) is 5.85. The van der Waals surface area contributed by atoms with Gasteiger partial charge in [0.05, 0.1) is 4.92 Å². The van der Waals surface area contributed by atoms with Crippen LogP contribution in [-0.2, 0) is 6.42 Å². The van der Waals surface area contributed by atoms with Gasteiger partial charge in [0.1, 0.15) is 12.0 Å². The molecule has 19 heavy (non-hydrogen) atoms. The fraction of sp³-hybridized carbons (Fsp3) is 0.154. The maximum Gasteiger partial charge on any atom is 0.287 e. The van der Waals surface area contributed by atoms with E-state index in [0.29, 0.717) is 12.4 Å². The Kier molecular flexibility index (Phi) is 4.04. The molecule has 0 bridgehead atoms. The normalized spacial score (nSPS) is 10.2. The van der Waals surface area contributed by atoms with Crippen LogP contribution in [-0.4, -0.2) is 16.5 Å². The molecule has 2 aromatic rings. The van der Waals surface area contributed by atoms with Gasteiger partial charge in [-0.25, -0.2) is 4.98 Å². The van der Waals surface area contributed by atoms with Gasteiger partial charge in [-0.2, -0.15) is 0 Å². The average molecular weight is 258 g/mol. The van der Waals surface area contributed by atoms with E-state index >= 15 is 0 Å². The highest BCUT2D eigenvalue weighted by molar-refractivity contribution is 5.57. The second kappa shape index (κ2) is 5.92. The van der Waals surface area contributed by atoms with Crippen molar-refractivity contribution < 1.29 is 4.92 Å². The molecule has 0 saturated carbocycles. The molecule has 0 spiro atoms. The molecule has 0 atom stereocenters. The number of nitrogens with one attached hydrogen (secondary N) is 1. The zero-order valence-electron chi connectivity index (χ0n) is 10.2. The number of anilines is 2. The van der Waals surface area contributed by atoms with E-state index < -0.39 is 4.92 Å². The van der Waals surface area contributed by atoms with Crippen molar-refractivity contribution in [1.82, 2.24) is 4.98 Å². The smallest absolute Gasteiger partial charge is 0.287 e.